The van der Waals surface area contributed by atoms with Crippen molar-refractivity contribution in [2.75, 3.05) is 13.7 Å². The van der Waals surface area contributed by atoms with Crippen LogP contribution in [0, 0.1) is 0 Å². The first-order chi connectivity index (χ1) is 6.33. The van der Waals surface area contributed by atoms with Crippen LogP contribution in [0.1, 0.15) is 18.0 Å². The number of halogens is 1. The van der Waals surface area contributed by atoms with Crippen molar-refractivity contribution in [3.8, 4) is 11.5 Å². The van der Waals surface area contributed by atoms with Crippen LogP contribution < -0.4 is 10.1 Å². The predicted molar refractivity (Wildman–Crippen MR) is 57.3 cm³/mol. The van der Waals surface area contributed by atoms with Crippen LogP contribution in [-0.2, 0) is 0 Å². The average molecular weight is 216 g/mol. The Morgan fingerprint density at radius 2 is 2.21 bits per heavy atom. The Hall–Kier alpha value is -0.930. The van der Waals surface area contributed by atoms with Gasteiger partial charge in [0.2, 0.25) is 0 Å². The maximum absolute atomic E-state index is 9.64. The fourth-order valence-electron chi connectivity index (χ4n) is 1.60. The molecule has 2 rings (SSSR count). The highest BCUT2D eigenvalue weighted by atomic mass is 35.5. The second-order valence-electron chi connectivity index (χ2n) is 3.19. The minimum absolute atomic E-state index is 0. The number of hydrogen-bond donors (Lipinski definition) is 2. The maximum Gasteiger partial charge on any atom is 0.127 e. The van der Waals surface area contributed by atoms with Crippen molar-refractivity contribution in [2.24, 2.45) is 0 Å². The second-order valence-corrected chi connectivity index (χ2v) is 3.19. The predicted octanol–water partition coefficient (Wildman–Crippen LogP) is 1.86. The van der Waals surface area contributed by atoms with Gasteiger partial charge in [-0.1, -0.05) is 6.07 Å². The van der Waals surface area contributed by atoms with E-state index < -0.39 is 0 Å². The average Bonchev–Trinajstić information content (AvgIpc) is 2.05. The minimum Gasteiger partial charge on any atom is -0.507 e. The Bertz CT molecular complexity index is 313. The van der Waals surface area contributed by atoms with E-state index in [1.165, 1.54) is 0 Å². The number of benzene rings is 1. The van der Waals surface area contributed by atoms with Crippen LogP contribution in [-0.4, -0.2) is 18.8 Å². The highest BCUT2D eigenvalue weighted by molar-refractivity contribution is 5.85. The molecule has 1 aromatic rings. The number of phenols is 1. The lowest BCUT2D eigenvalue weighted by Gasteiger charge is -2.29. The smallest absolute Gasteiger partial charge is 0.127 e. The van der Waals surface area contributed by atoms with E-state index >= 15 is 0 Å². The van der Waals surface area contributed by atoms with Crippen LogP contribution in [0.25, 0.3) is 0 Å². The zero-order valence-corrected chi connectivity index (χ0v) is 8.80. The van der Waals surface area contributed by atoms with Gasteiger partial charge < -0.3 is 15.2 Å². The van der Waals surface area contributed by atoms with Crippen molar-refractivity contribution in [3.63, 3.8) is 0 Å². The monoisotopic (exact) mass is 215 g/mol. The molecule has 0 aliphatic carbocycles. The summed E-state index contributed by atoms with van der Waals surface area (Å²) >= 11 is 0. The van der Waals surface area contributed by atoms with E-state index in [-0.39, 0.29) is 18.4 Å². The lowest BCUT2D eigenvalue weighted by atomic mass is 9.96. The van der Waals surface area contributed by atoms with Gasteiger partial charge >= 0.3 is 0 Å². The second kappa shape index (κ2) is 4.53. The van der Waals surface area contributed by atoms with Gasteiger partial charge in [-0.3, -0.25) is 0 Å². The Morgan fingerprint density at radius 1 is 1.50 bits per heavy atom. The molecule has 1 aliphatic rings. The molecule has 0 aromatic heterocycles. The Balaban J connectivity index is 0.000000980. The van der Waals surface area contributed by atoms with Crippen LogP contribution in [0.3, 0.4) is 0 Å². The molecule has 4 heteroatoms. The SMILES string of the molecule is COc1cccc(O)c1[C@@H]1CCN1.Cl. The van der Waals surface area contributed by atoms with Crippen molar-refractivity contribution in [1.29, 1.82) is 0 Å². The summed E-state index contributed by atoms with van der Waals surface area (Å²) in [5, 5.41) is 12.9. The van der Waals surface area contributed by atoms with E-state index in [1.54, 1.807) is 19.2 Å². The molecule has 14 heavy (non-hydrogen) atoms. The molecule has 1 heterocycles. The standard InChI is InChI=1S/C10H13NO2.ClH/c1-13-9-4-2-3-8(12)10(9)7-5-6-11-7;/h2-4,7,11-12H,5-6H2,1H3;1H/t7-;/m0./s1. The van der Waals surface area contributed by atoms with Crippen LogP contribution in [0.4, 0.5) is 0 Å². The van der Waals surface area contributed by atoms with Gasteiger partial charge in [0, 0.05) is 6.04 Å². The highest BCUT2D eigenvalue weighted by Gasteiger charge is 2.24. The van der Waals surface area contributed by atoms with Gasteiger partial charge in [-0.15, -0.1) is 12.4 Å². The van der Waals surface area contributed by atoms with Crippen LogP contribution >= 0.6 is 12.4 Å². The van der Waals surface area contributed by atoms with Crippen molar-refractivity contribution >= 4 is 12.4 Å². The third-order valence-corrected chi connectivity index (χ3v) is 2.44. The molecule has 0 amide bonds. The summed E-state index contributed by atoms with van der Waals surface area (Å²) in [6.07, 6.45) is 1.06. The van der Waals surface area contributed by atoms with E-state index in [9.17, 15) is 5.11 Å². The zero-order chi connectivity index (χ0) is 9.26. The molecule has 2 N–H and O–H groups in total. The van der Waals surface area contributed by atoms with E-state index in [1.807, 2.05) is 6.07 Å². The summed E-state index contributed by atoms with van der Waals surface area (Å²) in [5.74, 6) is 1.08. The molecule has 3 nitrogen and oxygen atoms in total. The molecule has 0 spiro atoms. The summed E-state index contributed by atoms with van der Waals surface area (Å²) in [5.41, 5.74) is 0.885. The molecule has 1 fully saturated rings. The number of phenolic OH excluding ortho intramolecular Hbond substituents is 1. The molecule has 0 unspecified atom stereocenters. The van der Waals surface area contributed by atoms with Gasteiger partial charge in [0.25, 0.3) is 0 Å². The van der Waals surface area contributed by atoms with Crippen molar-refractivity contribution in [2.45, 2.75) is 12.5 Å². The van der Waals surface area contributed by atoms with Crippen molar-refractivity contribution in [3.05, 3.63) is 23.8 Å². The summed E-state index contributed by atoms with van der Waals surface area (Å²) in [7, 11) is 1.62. The van der Waals surface area contributed by atoms with Gasteiger partial charge in [-0.2, -0.15) is 0 Å². The molecule has 0 bridgehead atoms. The topological polar surface area (TPSA) is 41.5 Å². The molecule has 1 aliphatic heterocycles. The number of rotatable bonds is 2. The van der Waals surface area contributed by atoms with Gasteiger partial charge in [-0.05, 0) is 25.1 Å². The molecular formula is C10H14ClNO2. The zero-order valence-electron chi connectivity index (χ0n) is 7.99. The van der Waals surface area contributed by atoms with Crippen molar-refractivity contribution in [1.82, 2.24) is 5.32 Å². The van der Waals surface area contributed by atoms with E-state index in [0.29, 0.717) is 5.75 Å². The van der Waals surface area contributed by atoms with E-state index in [4.69, 9.17) is 4.74 Å². The van der Waals surface area contributed by atoms with Gasteiger partial charge in [0.1, 0.15) is 11.5 Å². The fraction of sp³-hybridized carbons (Fsp3) is 0.400. The molecule has 78 valence electrons. The summed E-state index contributed by atoms with van der Waals surface area (Å²) in [4.78, 5) is 0. The third kappa shape index (κ3) is 1.79. The van der Waals surface area contributed by atoms with Crippen LogP contribution in [0.5, 0.6) is 11.5 Å². The van der Waals surface area contributed by atoms with Gasteiger partial charge in [0.05, 0.1) is 12.7 Å². The van der Waals surface area contributed by atoms with Gasteiger partial charge in [0.15, 0.2) is 0 Å². The molecule has 0 saturated carbocycles. The summed E-state index contributed by atoms with van der Waals surface area (Å²) < 4.78 is 5.18. The molecular weight excluding hydrogens is 202 g/mol. The molecule has 0 radical (unpaired) electrons. The van der Waals surface area contributed by atoms with E-state index in [2.05, 4.69) is 5.32 Å². The first-order valence-electron chi connectivity index (χ1n) is 4.42. The largest absolute Gasteiger partial charge is 0.507 e. The molecule has 1 aromatic carbocycles. The number of ether oxygens (including phenoxy) is 1. The Labute approximate surface area is 89.5 Å². The lowest BCUT2D eigenvalue weighted by Crippen LogP contribution is -2.35. The first-order valence-corrected chi connectivity index (χ1v) is 4.42. The maximum atomic E-state index is 9.64. The Kier molecular flexibility index (Phi) is 3.61. The van der Waals surface area contributed by atoms with E-state index in [0.717, 1.165) is 24.3 Å². The Morgan fingerprint density at radius 3 is 2.71 bits per heavy atom. The van der Waals surface area contributed by atoms with Crippen LogP contribution in [0.15, 0.2) is 18.2 Å². The first kappa shape index (κ1) is 11.1. The fourth-order valence-corrected chi connectivity index (χ4v) is 1.60. The number of nitrogens with one attached hydrogen (secondary N) is 1. The van der Waals surface area contributed by atoms with Crippen molar-refractivity contribution < 1.29 is 9.84 Å². The number of methoxy groups -OCH3 is 1. The number of aromatic hydroxyl groups is 1. The van der Waals surface area contributed by atoms with Crippen LogP contribution in [0.2, 0.25) is 0 Å². The lowest BCUT2D eigenvalue weighted by molar-refractivity contribution is 0.337. The minimum atomic E-state index is 0. The third-order valence-electron chi connectivity index (χ3n) is 2.44. The number of hydrogen-bond acceptors (Lipinski definition) is 3. The quantitative estimate of drug-likeness (QED) is 0.792. The molecule has 1 saturated heterocycles. The molecule has 1 atom stereocenters. The van der Waals surface area contributed by atoms with Gasteiger partial charge in [-0.25, -0.2) is 0 Å². The summed E-state index contributed by atoms with van der Waals surface area (Å²) in [6, 6.07) is 5.61. The summed E-state index contributed by atoms with van der Waals surface area (Å²) in [6.45, 7) is 1.02. The highest BCUT2D eigenvalue weighted by Crippen LogP contribution is 2.37. The normalized spacial score (nSPS) is 19.4.